The Morgan fingerprint density at radius 3 is 3.17 bits per heavy atom. The zero-order chi connectivity index (χ0) is 12.4. The standard InChI is InChI=1S/C13H16N4O/c1-9-4-6-15-12(9)13-16-11(17-18-13)7-10-3-2-5-14-8-10/h2-3,5,8-9,12,15H,4,6-7H2,1H3. The Morgan fingerprint density at radius 2 is 2.44 bits per heavy atom. The Morgan fingerprint density at radius 1 is 1.50 bits per heavy atom. The van der Waals surface area contributed by atoms with Crippen LogP contribution in [0.3, 0.4) is 0 Å². The molecule has 0 aromatic carbocycles. The Balaban J connectivity index is 1.74. The molecule has 1 aliphatic rings. The minimum absolute atomic E-state index is 0.208. The smallest absolute Gasteiger partial charge is 0.244 e. The molecule has 0 amide bonds. The monoisotopic (exact) mass is 244 g/mol. The van der Waals surface area contributed by atoms with Crippen LogP contribution >= 0.6 is 0 Å². The van der Waals surface area contributed by atoms with E-state index in [0.29, 0.717) is 18.2 Å². The topological polar surface area (TPSA) is 63.8 Å². The molecule has 18 heavy (non-hydrogen) atoms. The van der Waals surface area contributed by atoms with Crippen LogP contribution in [0.4, 0.5) is 0 Å². The van der Waals surface area contributed by atoms with Gasteiger partial charge in [0, 0.05) is 18.8 Å². The average molecular weight is 244 g/mol. The second-order valence-electron chi connectivity index (χ2n) is 4.78. The number of nitrogens with one attached hydrogen (secondary N) is 1. The first kappa shape index (κ1) is 11.3. The van der Waals surface area contributed by atoms with Crippen LogP contribution in [0.1, 0.15) is 36.7 Å². The fraction of sp³-hybridized carbons (Fsp3) is 0.462. The Hall–Kier alpha value is -1.75. The summed E-state index contributed by atoms with van der Waals surface area (Å²) in [6.07, 6.45) is 5.41. The summed E-state index contributed by atoms with van der Waals surface area (Å²) in [6.45, 7) is 3.22. The van der Waals surface area contributed by atoms with Crippen LogP contribution in [0.5, 0.6) is 0 Å². The zero-order valence-corrected chi connectivity index (χ0v) is 10.3. The molecule has 2 aromatic heterocycles. The van der Waals surface area contributed by atoms with E-state index >= 15 is 0 Å². The molecule has 2 aromatic rings. The molecule has 0 bridgehead atoms. The molecule has 0 saturated carbocycles. The Labute approximate surface area is 106 Å². The van der Waals surface area contributed by atoms with Crippen LogP contribution < -0.4 is 5.32 Å². The molecule has 0 spiro atoms. The molecule has 2 atom stereocenters. The van der Waals surface area contributed by atoms with Crippen LogP contribution in [0.15, 0.2) is 29.0 Å². The minimum atomic E-state index is 0.208. The third-order valence-corrected chi connectivity index (χ3v) is 3.37. The SMILES string of the molecule is CC1CCNC1c1nc(Cc2cccnc2)no1. The van der Waals surface area contributed by atoms with Gasteiger partial charge < -0.3 is 9.84 Å². The van der Waals surface area contributed by atoms with E-state index in [1.54, 1.807) is 6.20 Å². The average Bonchev–Trinajstić information content (AvgIpc) is 2.99. The van der Waals surface area contributed by atoms with Gasteiger partial charge in [-0.1, -0.05) is 18.1 Å². The summed E-state index contributed by atoms with van der Waals surface area (Å²) in [4.78, 5) is 8.55. The highest BCUT2D eigenvalue weighted by molar-refractivity contribution is 5.14. The molecule has 94 valence electrons. The van der Waals surface area contributed by atoms with E-state index in [1.165, 1.54) is 0 Å². The lowest BCUT2D eigenvalue weighted by Crippen LogP contribution is -2.16. The van der Waals surface area contributed by atoms with Gasteiger partial charge in [-0.15, -0.1) is 0 Å². The van der Waals surface area contributed by atoms with Crippen molar-refractivity contribution >= 4 is 0 Å². The van der Waals surface area contributed by atoms with Crippen LogP contribution in [-0.4, -0.2) is 21.7 Å². The van der Waals surface area contributed by atoms with Gasteiger partial charge in [-0.05, 0) is 30.5 Å². The molecular formula is C13H16N4O. The highest BCUT2D eigenvalue weighted by atomic mass is 16.5. The maximum Gasteiger partial charge on any atom is 0.244 e. The van der Waals surface area contributed by atoms with Crippen molar-refractivity contribution in [2.24, 2.45) is 5.92 Å². The molecule has 1 N–H and O–H groups in total. The number of rotatable bonds is 3. The van der Waals surface area contributed by atoms with Crippen molar-refractivity contribution in [3.63, 3.8) is 0 Å². The van der Waals surface area contributed by atoms with Gasteiger partial charge in [0.25, 0.3) is 0 Å². The Bertz CT molecular complexity index is 511. The summed E-state index contributed by atoms with van der Waals surface area (Å²) in [6, 6.07) is 4.14. The molecule has 0 aliphatic carbocycles. The van der Waals surface area contributed by atoms with Gasteiger partial charge in [0.15, 0.2) is 5.82 Å². The molecule has 1 saturated heterocycles. The maximum absolute atomic E-state index is 5.35. The maximum atomic E-state index is 5.35. The first-order chi connectivity index (χ1) is 8.83. The van der Waals surface area contributed by atoms with Gasteiger partial charge in [0.1, 0.15) is 0 Å². The Kier molecular flexibility index (Phi) is 3.06. The molecule has 1 aliphatic heterocycles. The summed E-state index contributed by atoms with van der Waals surface area (Å²) in [5, 5.41) is 7.43. The quantitative estimate of drug-likeness (QED) is 0.890. The van der Waals surface area contributed by atoms with Crippen LogP contribution in [0, 0.1) is 5.92 Å². The zero-order valence-electron chi connectivity index (χ0n) is 10.3. The van der Waals surface area contributed by atoms with E-state index in [0.717, 1.165) is 24.4 Å². The first-order valence-electron chi connectivity index (χ1n) is 6.27. The van der Waals surface area contributed by atoms with E-state index in [-0.39, 0.29) is 6.04 Å². The van der Waals surface area contributed by atoms with Gasteiger partial charge in [0.05, 0.1) is 6.04 Å². The van der Waals surface area contributed by atoms with Gasteiger partial charge >= 0.3 is 0 Å². The van der Waals surface area contributed by atoms with Gasteiger partial charge in [-0.3, -0.25) is 4.98 Å². The molecule has 0 radical (unpaired) electrons. The van der Waals surface area contributed by atoms with Crippen molar-refractivity contribution in [3.05, 3.63) is 41.8 Å². The van der Waals surface area contributed by atoms with Gasteiger partial charge in [-0.2, -0.15) is 4.98 Å². The summed E-state index contributed by atoms with van der Waals surface area (Å²) in [5.41, 5.74) is 1.09. The lowest BCUT2D eigenvalue weighted by atomic mass is 10.0. The van der Waals surface area contributed by atoms with Crippen molar-refractivity contribution < 1.29 is 4.52 Å². The summed E-state index contributed by atoms with van der Waals surface area (Å²) < 4.78 is 5.35. The van der Waals surface area contributed by atoms with Crippen molar-refractivity contribution in [2.75, 3.05) is 6.54 Å². The fourth-order valence-corrected chi connectivity index (χ4v) is 2.32. The predicted molar refractivity (Wildman–Crippen MR) is 65.9 cm³/mol. The van der Waals surface area contributed by atoms with Gasteiger partial charge in [0.2, 0.25) is 5.89 Å². The minimum Gasteiger partial charge on any atom is -0.338 e. The molecule has 3 rings (SSSR count). The summed E-state index contributed by atoms with van der Waals surface area (Å²) in [5.74, 6) is 1.98. The van der Waals surface area contributed by atoms with Crippen LogP contribution in [0.25, 0.3) is 0 Å². The van der Waals surface area contributed by atoms with Gasteiger partial charge in [-0.25, -0.2) is 0 Å². The van der Waals surface area contributed by atoms with Crippen molar-refractivity contribution in [1.29, 1.82) is 0 Å². The number of nitrogens with zero attached hydrogens (tertiary/aromatic N) is 3. The third-order valence-electron chi connectivity index (χ3n) is 3.37. The van der Waals surface area contributed by atoms with Crippen molar-refractivity contribution in [2.45, 2.75) is 25.8 Å². The molecule has 1 fully saturated rings. The van der Waals surface area contributed by atoms with E-state index < -0.39 is 0 Å². The fourth-order valence-electron chi connectivity index (χ4n) is 2.32. The van der Waals surface area contributed by atoms with E-state index in [1.807, 2.05) is 18.3 Å². The number of hydrogen-bond acceptors (Lipinski definition) is 5. The number of aromatic nitrogens is 3. The molecule has 5 heteroatoms. The first-order valence-corrected chi connectivity index (χ1v) is 6.27. The van der Waals surface area contributed by atoms with Crippen LogP contribution in [0.2, 0.25) is 0 Å². The highest BCUT2D eigenvalue weighted by Crippen LogP contribution is 2.27. The predicted octanol–water partition coefficient (Wildman–Crippen LogP) is 1.73. The van der Waals surface area contributed by atoms with E-state index in [9.17, 15) is 0 Å². The molecular weight excluding hydrogens is 228 g/mol. The van der Waals surface area contributed by atoms with E-state index in [2.05, 4.69) is 27.4 Å². The molecule has 5 nitrogen and oxygen atoms in total. The number of hydrogen-bond donors (Lipinski definition) is 1. The van der Waals surface area contributed by atoms with Crippen molar-refractivity contribution in [1.82, 2.24) is 20.4 Å². The number of pyridine rings is 1. The van der Waals surface area contributed by atoms with E-state index in [4.69, 9.17) is 4.52 Å². The second-order valence-corrected chi connectivity index (χ2v) is 4.78. The molecule has 2 unspecified atom stereocenters. The van der Waals surface area contributed by atoms with Crippen molar-refractivity contribution in [3.8, 4) is 0 Å². The normalized spacial score (nSPS) is 23.4. The highest BCUT2D eigenvalue weighted by Gasteiger charge is 2.29. The molecule has 3 heterocycles. The third kappa shape index (κ3) is 2.26. The van der Waals surface area contributed by atoms with Crippen LogP contribution in [-0.2, 0) is 6.42 Å². The lowest BCUT2D eigenvalue weighted by Gasteiger charge is -2.09. The summed E-state index contributed by atoms with van der Waals surface area (Å²) >= 11 is 0. The lowest BCUT2D eigenvalue weighted by molar-refractivity contribution is 0.317. The largest absolute Gasteiger partial charge is 0.338 e. The second kappa shape index (κ2) is 4.86. The summed E-state index contributed by atoms with van der Waals surface area (Å²) in [7, 11) is 0.